The number of carboxylic acids is 1. The predicted molar refractivity (Wildman–Crippen MR) is 47.7 cm³/mol. The monoisotopic (exact) mass is 177 g/mol. The van der Waals surface area contributed by atoms with Crippen LogP contribution in [0.2, 0.25) is 0 Å². The van der Waals surface area contributed by atoms with Crippen LogP contribution in [-0.4, -0.2) is 11.1 Å². The van der Waals surface area contributed by atoms with Crippen molar-refractivity contribution >= 4 is 5.97 Å². The van der Waals surface area contributed by atoms with Gasteiger partial charge in [0.15, 0.2) is 0 Å². The highest BCUT2D eigenvalue weighted by molar-refractivity contribution is 5.79. The first-order chi connectivity index (χ1) is 6.24. The van der Waals surface area contributed by atoms with Crippen LogP contribution in [0, 0.1) is 23.2 Å². The first kappa shape index (κ1) is 9.53. The first-order valence-electron chi connectivity index (χ1n) is 4.21. The maximum Gasteiger partial charge on any atom is 0.327 e. The number of carboxylic acid groups (broad SMARTS) is 1. The second kappa shape index (κ2) is 4.46. The van der Waals surface area contributed by atoms with E-state index in [1.165, 1.54) is 0 Å². The quantitative estimate of drug-likeness (QED) is 0.516. The van der Waals surface area contributed by atoms with Gasteiger partial charge in [0.05, 0.1) is 12.0 Å². The van der Waals surface area contributed by atoms with Gasteiger partial charge in [0, 0.05) is 6.08 Å². The van der Waals surface area contributed by atoms with E-state index in [-0.39, 0.29) is 11.8 Å². The summed E-state index contributed by atoms with van der Waals surface area (Å²) in [5.74, 6) is -1.05. The van der Waals surface area contributed by atoms with Gasteiger partial charge in [-0.3, -0.25) is 0 Å². The van der Waals surface area contributed by atoms with Gasteiger partial charge in [0.1, 0.15) is 0 Å². The van der Waals surface area contributed by atoms with Crippen LogP contribution in [0.4, 0.5) is 0 Å². The van der Waals surface area contributed by atoms with Crippen molar-refractivity contribution in [2.24, 2.45) is 11.8 Å². The molecule has 68 valence electrons. The minimum atomic E-state index is -0.953. The zero-order valence-electron chi connectivity index (χ0n) is 7.18. The second-order valence-corrected chi connectivity index (χ2v) is 3.02. The van der Waals surface area contributed by atoms with Gasteiger partial charge in [-0.2, -0.15) is 5.26 Å². The Morgan fingerprint density at radius 1 is 1.69 bits per heavy atom. The molecule has 0 radical (unpaired) electrons. The molecule has 0 heterocycles. The first-order valence-corrected chi connectivity index (χ1v) is 4.21. The van der Waals surface area contributed by atoms with E-state index in [0.717, 1.165) is 18.9 Å². The van der Waals surface area contributed by atoms with Crippen molar-refractivity contribution in [2.75, 3.05) is 0 Å². The molecular formula is C10H11NO2. The van der Waals surface area contributed by atoms with Crippen molar-refractivity contribution in [1.82, 2.24) is 0 Å². The number of carbonyl (C=O) groups is 1. The predicted octanol–water partition coefficient (Wildman–Crippen LogP) is 1.73. The van der Waals surface area contributed by atoms with Gasteiger partial charge in [-0.05, 0) is 18.8 Å². The summed E-state index contributed by atoms with van der Waals surface area (Å²) in [4.78, 5) is 10.2. The van der Waals surface area contributed by atoms with E-state index in [4.69, 9.17) is 10.4 Å². The molecule has 2 atom stereocenters. The van der Waals surface area contributed by atoms with Crippen LogP contribution in [0.1, 0.15) is 12.8 Å². The van der Waals surface area contributed by atoms with Crippen molar-refractivity contribution in [1.29, 1.82) is 5.26 Å². The maximum absolute atomic E-state index is 10.2. The molecule has 0 saturated carbocycles. The molecule has 0 saturated heterocycles. The molecule has 0 bridgehead atoms. The molecule has 0 aromatic rings. The standard InChI is InChI=1S/C10H11NO2/c11-7-9-4-2-1-3-8(9)5-6-10(12)13/h2,4-6,8-9H,1,3H2,(H,12,13)/b6-5+/t8-,9+/m1/s1. The lowest BCUT2D eigenvalue weighted by Gasteiger charge is -2.18. The fourth-order valence-corrected chi connectivity index (χ4v) is 1.41. The zero-order valence-corrected chi connectivity index (χ0v) is 7.18. The van der Waals surface area contributed by atoms with Crippen LogP contribution >= 0.6 is 0 Å². The Kier molecular flexibility index (Phi) is 3.27. The number of rotatable bonds is 2. The highest BCUT2D eigenvalue weighted by atomic mass is 16.4. The molecular weight excluding hydrogens is 166 g/mol. The minimum Gasteiger partial charge on any atom is -0.478 e. The van der Waals surface area contributed by atoms with Crippen molar-refractivity contribution in [3.63, 3.8) is 0 Å². The number of aliphatic carboxylic acids is 1. The largest absolute Gasteiger partial charge is 0.478 e. The van der Waals surface area contributed by atoms with E-state index in [1.54, 1.807) is 6.08 Å². The molecule has 0 aromatic heterocycles. The van der Waals surface area contributed by atoms with Crippen LogP contribution in [0.25, 0.3) is 0 Å². The molecule has 1 rings (SSSR count). The van der Waals surface area contributed by atoms with Gasteiger partial charge in [-0.1, -0.05) is 18.2 Å². The Morgan fingerprint density at radius 3 is 3.08 bits per heavy atom. The molecule has 0 unspecified atom stereocenters. The topological polar surface area (TPSA) is 61.1 Å². The number of nitriles is 1. The summed E-state index contributed by atoms with van der Waals surface area (Å²) in [5, 5.41) is 17.2. The van der Waals surface area contributed by atoms with E-state index in [1.807, 2.05) is 12.2 Å². The van der Waals surface area contributed by atoms with Crippen LogP contribution in [0.3, 0.4) is 0 Å². The van der Waals surface area contributed by atoms with Crippen LogP contribution in [-0.2, 0) is 4.79 Å². The summed E-state index contributed by atoms with van der Waals surface area (Å²) in [5.41, 5.74) is 0. The molecule has 0 spiro atoms. The zero-order chi connectivity index (χ0) is 9.68. The molecule has 1 aliphatic rings. The molecule has 3 heteroatoms. The lowest BCUT2D eigenvalue weighted by atomic mass is 9.85. The Bertz CT molecular complexity index is 286. The number of hydrogen-bond acceptors (Lipinski definition) is 2. The van der Waals surface area contributed by atoms with Gasteiger partial charge in [0.2, 0.25) is 0 Å². The molecule has 1 aliphatic carbocycles. The second-order valence-electron chi connectivity index (χ2n) is 3.02. The number of hydrogen-bond donors (Lipinski definition) is 1. The van der Waals surface area contributed by atoms with E-state index in [0.29, 0.717) is 0 Å². The molecule has 1 N–H and O–H groups in total. The summed E-state index contributed by atoms with van der Waals surface area (Å²) in [6.07, 6.45) is 8.33. The Morgan fingerprint density at radius 2 is 2.46 bits per heavy atom. The average molecular weight is 177 g/mol. The molecule has 13 heavy (non-hydrogen) atoms. The Hall–Kier alpha value is -1.56. The summed E-state index contributed by atoms with van der Waals surface area (Å²) in [7, 11) is 0. The van der Waals surface area contributed by atoms with Crippen molar-refractivity contribution in [3.8, 4) is 6.07 Å². The SMILES string of the molecule is N#C[C@@H]1C=CCC[C@@H]1/C=C/C(=O)O. The molecule has 0 aromatic carbocycles. The smallest absolute Gasteiger partial charge is 0.327 e. The number of allylic oxidation sites excluding steroid dienone is 3. The highest BCUT2D eigenvalue weighted by Gasteiger charge is 2.18. The third-order valence-corrected chi connectivity index (χ3v) is 2.11. The van der Waals surface area contributed by atoms with E-state index in [9.17, 15) is 4.79 Å². The maximum atomic E-state index is 10.2. The fraction of sp³-hybridized carbons (Fsp3) is 0.400. The van der Waals surface area contributed by atoms with E-state index >= 15 is 0 Å². The lowest BCUT2D eigenvalue weighted by Crippen LogP contribution is -2.12. The lowest BCUT2D eigenvalue weighted by molar-refractivity contribution is -0.131. The van der Waals surface area contributed by atoms with Gasteiger partial charge in [-0.15, -0.1) is 0 Å². The Labute approximate surface area is 77.0 Å². The van der Waals surface area contributed by atoms with Crippen molar-refractivity contribution in [3.05, 3.63) is 24.3 Å². The molecule has 3 nitrogen and oxygen atoms in total. The highest BCUT2D eigenvalue weighted by Crippen LogP contribution is 2.25. The summed E-state index contributed by atoms with van der Waals surface area (Å²) >= 11 is 0. The normalized spacial score (nSPS) is 27.3. The van der Waals surface area contributed by atoms with E-state index in [2.05, 4.69) is 6.07 Å². The van der Waals surface area contributed by atoms with Gasteiger partial charge in [0.25, 0.3) is 0 Å². The van der Waals surface area contributed by atoms with Gasteiger partial charge < -0.3 is 5.11 Å². The van der Waals surface area contributed by atoms with Crippen molar-refractivity contribution < 1.29 is 9.90 Å². The van der Waals surface area contributed by atoms with Gasteiger partial charge >= 0.3 is 5.97 Å². The summed E-state index contributed by atoms with van der Waals surface area (Å²) in [6.45, 7) is 0. The molecule has 0 aliphatic heterocycles. The van der Waals surface area contributed by atoms with E-state index < -0.39 is 5.97 Å². The minimum absolute atomic E-state index is 0.0612. The van der Waals surface area contributed by atoms with Crippen LogP contribution < -0.4 is 0 Å². The fourth-order valence-electron chi connectivity index (χ4n) is 1.41. The number of nitrogens with zero attached hydrogens (tertiary/aromatic N) is 1. The third kappa shape index (κ3) is 2.75. The Balaban J connectivity index is 2.64. The molecule has 0 fully saturated rings. The summed E-state index contributed by atoms with van der Waals surface area (Å²) < 4.78 is 0. The summed E-state index contributed by atoms with van der Waals surface area (Å²) in [6, 6.07) is 2.15. The van der Waals surface area contributed by atoms with Crippen LogP contribution in [0.15, 0.2) is 24.3 Å². The van der Waals surface area contributed by atoms with Crippen LogP contribution in [0.5, 0.6) is 0 Å². The third-order valence-electron chi connectivity index (χ3n) is 2.11. The van der Waals surface area contributed by atoms with Crippen molar-refractivity contribution in [2.45, 2.75) is 12.8 Å². The average Bonchev–Trinajstić information content (AvgIpc) is 2.15. The van der Waals surface area contributed by atoms with Gasteiger partial charge in [-0.25, -0.2) is 4.79 Å². The molecule has 0 amide bonds.